The van der Waals surface area contributed by atoms with Crippen LogP contribution in [0.2, 0.25) is 0 Å². The van der Waals surface area contributed by atoms with Gasteiger partial charge in [0.05, 0.1) is 12.6 Å². The highest BCUT2D eigenvalue weighted by Gasteiger charge is 2.30. The third-order valence-electron chi connectivity index (χ3n) is 6.54. The first-order chi connectivity index (χ1) is 14.5. The third kappa shape index (κ3) is 4.90. The predicted octanol–water partition coefficient (Wildman–Crippen LogP) is 2.81. The number of nitrogens with zero attached hydrogens (tertiary/aromatic N) is 5. The molecule has 0 spiro atoms. The highest BCUT2D eigenvalue weighted by Crippen LogP contribution is 2.20. The summed E-state index contributed by atoms with van der Waals surface area (Å²) >= 11 is 0. The minimum absolute atomic E-state index is 0.0444. The van der Waals surface area contributed by atoms with Crippen LogP contribution < -0.4 is 0 Å². The standard InChI is InChI=1S/C23H33N5O2/c1-17-4-6-20(7-5-17)22-24-21(30-25-22)16-26-12-14-27(15-13-26)19(3)23(29)28-10-8-18(2)9-11-28/h4-7,18-19H,8-16H2,1-3H3. The highest BCUT2D eigenvalue weighted by molar-refractivity contribution is 5.81. The molecule has 7 heteroatoms. The number of piperazine rings is 1. The van der Waals surface area contributed by atoms with Crippen LogP contribution in [-0.2, 0) is 11.3 Å². The maximum absolute atomic E-state index is 12.9. The van der Waals surface area contributed by atoms with Crippen molar-refractivity contribution < 1.29 is 9.32 Å². The van der Waals surface area contributed by atoms with Crippen LogP contribution in [0.5, 0.6) is 0 Å². The van der Waals surface area contributed by atoms with Crippen LogP contribution in [0.4, 0.5) is 0 Å². The van der Waals surface area contributed by atoms with E-state index >= 15 is 0 Å². The Hall–Kier alpha value is -2.25. The van der Waals surface area contributed by atoms with Gasteiger partial charge in [-0.05, 0) is 32.6 Å². The first-order valence-electron chi connectivity index (χ1n) is 11.1. The third-order valence-corrected chi connectivity index (χ3v) is 6.54. The lowest BCUT2D eigenvalue weighted by atomic mass is 9.98. The molecule has 30 heavy (non-hydrogen) atoms. The Balaban J connectivity index is 1.26. The molecular formula is C23H33N5O2. The van der Waals surface area contributed by atoms with Crippen LogP contribution in [-0.4, -0.2) is 76.1 Å². The molecule has 7 nitrogen and oxygen atoms in total. The summed E-state index contributed by atoms with van der Waals surface area (Å²) in [6.07, 6.45) is 2.25. The summed E-state index contributed by atoms with van der Waals surface area (Å²) in [5.74, 6) is 2.31. The zero-order chi connectivity index (χ0) is 21.1. The van der Waals surface area contributed by atoms with E-state index in [1.54, 1.807) is 0 Å². The van der Waals surface area contributed by atoms with E-state index in [2.05, 4.69) is 57.7 Å². The maximum Gasteiger partial charge on any atom is 0.241 e. The average Bonchev–Trinajstić information content (AvgIpc) is 3.23. The van der Waals surface area contributed by atoms with E-state index in [0.717, 1.165) is 63.6 Å². The lowest BCUT2D eigenvalue weighted by Gasteiger charge is -2.39. The van der Waals surface area contributed by atoms with Crippen molar-refractivity contribution in [2.75, 3.05) is 39.3 Å². The number of hydrogen-bond donors (Lipinski definition) is 0. The second-order valence-electron chi connectivity index (χ2n) is 8.87. The first kappa shape index (κ1) is 21.0. The van der Waals surface area contributed by atoms with Crippen molar-refractivity contribution in [3.05, 3.63) is 35.7 Å². The summed E-state index contributed by atoms with van der Waals surface area (Å²) in [4.78, 5) is 24.1. The minimum Gasteiger partial charge on any atom is -0.341 e. The van der Waals surface area contributed by atoms with Crippen molar-refractivity contribution in [3.8, 4) is 11.4 Å². The lowest BCUT2D eigenvalue weighted by Crippen LogP contribution is -2.55. The number of piperidine rings is 1. The highest BCUT2D eigenvalue weighted by atomic mass is 16.5. The van der Waals surface area contributed by atoms with Gasteiger partial charge in [0.1, 0.15) is 0 Å². The Morgan fingerprint density at radius 3 is 2.43 bits per heavy atom. The van der Waals surface area contributed by atoms with Gasteiger partial charge in [-0.25, -0.2) is 0 Å². The summed E-state index contributed by atoms with van der Waals surface area (Å²) in [6, 6.07) is 8.10. The molecule has 1 aromatic heterocycles. The molecule has 2 fully saturated rings. The van der Waals surface area contributed by atoms with E-state index in [9.17, 15) is 4.79 Å². The van der Waals surface area contributed by atoms with Gasteiger partial charge in [0.25, 0.3) is 0 Å². The van der Waals surface area contributed by atoms with Crippen LogP contribution >= 0.6 is 0 Å². The predicted molar refractivity (Wildman–Crippen MR) is 116 cm³/mol. The molecule has 2 saturated heterocycles. The van der Waals surface area contributed by atoms with E-state index in [0.29, 0.717) is 18.3 Å². The zero-order valence-electron chi connectivity index (χ0n) is 18.4. The number of aromatic nitrogens is 2. The summed E-state index contributed by atoms with van der Waals surface area (Å²) in [6.45, 7) is 12.4. The van der Waals surface area contributed by atoms with Crippen LogP contribution in [0, 0.1) is 12.8 Å². The Labute approximate surface area is 179 Å². The van der Waals surface area contributed by atoms with Gasteiger partial charge < -0.3 is 9.42 Å². The molecule has 1 unspecified atom stereocenters. The molecule has 1 amide bonds. The first-order valence-corrected chi connectivity index (χ1v) is 11.1. The number of likely N-dealkylation sites (tertiary alicyclic amines) is 1. The van der Waals surface area contributed by atoms with Gasteiger partial charge in [-0.15, -0.1) is 0 Å². The molecule has 162 valence electrons. The quantitative estimate of drug-likeness (QED) is 0.754. The van der Waals surface area contributed by atoms with Crippen molar-refractivity contribution in [1.29, 1.82) is 0 Å². The summed E-state index contributed by atoms with van der Waals surface area (Å²) < 4.78 is 5.48. The molecule has 0 saturated carbocycles. The number of benzene rings is 1. The second-order valence-corrected chi connectivity index (χ2v) is 8.87. The average molecular weight is 412 g/mol. The number of hydrogen-bond acceptors (Lipinski definition) is 6. The van der Waals surface area contributed by atoms with Crippen LogP contribution in [0.1, 0.15) is 38.1 Å². The molecule has 0 aliphatic carbocycles. The molecule has 1 aromatic carbocycles. The fourth-order valence-corrected chi connectivity index (χ4v) is 4.29. The van der Waals surface area contributed by atoms with Crippen molar-refractivity contribution in [2.45, 2.75) is 46.2 Å². The molecule has 2 aromatic rings. The van der Waals surface area contributed by atoms with Crippen LogP contribution in [0.25, 0.3) is 11.4 Å². The number of aryl methyl sites for hydroxylation is 1. The van der Waals surface area contributed by atoms with E-state index in [4.69, 9.17) is 4.52 Å². The molecule has 2 aliphatic rings. The Morgan fingerprint density at radius 1 is 1.10 bits per heavy atom. The maximum atomic E-state index is 12.9. The van der Waals surface area contributed by atoms with Gasteiger partial charge in [0.2, 0.25) is 17.6 Å². The largest absolute Gasteiger partial charge is 0.341 e. The molecule has 0 N–H and O–H groups in total. The second kappa shape index (κ2) is 9.27. The monoisotopic (exact) mass is 411 g/mol. The molecule has 3 heterocycles. The van der Waals surface area contributed by atoms with Gasteiger partial charge in [0, 0.05) is 44.8 Å². The van der Waals surface area contributed by atoms with Gasteiger partial charge in [-0.2, -0.15) is 4.98 Å². The minimum atomic E-state index is -0.0444. The lowest BCUT2D eigenvalue weighted by molar-refractivity contribution is -0.138. The van der Waals surface area contributed by atoms with Crippen LogP contribution in [0.3, 0.4) is 0 Å². The van der Waals surface area contributed by atoms with Gasteiger partial charge >= 0.3 is 0 Å². The molecule has 2 aliphatic heterocycles. The Bertz CT molecular complexity index is 834. The van der Waals surface area contributed by atoms with E-state index in [1.807, 2.05) is 12.1 Å². The SMILES string of the molecule is Cc1ccc(-c2noc(CN3CCN(C(C)C(=O)N4CCC(C)CC4)CC3)n2)cc1. The normalized spacial score (nSPS) is 20.4. The summed E-state index contributed by atoms with van der Waals surface area (Å²) in [5.41, 5.74) is 2.18. The van der Waals surface area contributed by atoms with Gasteiger partial charge in [-0.1, -0.05) is 41.9 Å². The molecule has 0 bridgehead atoms. The van der Waals surface area contributed by atoms with E-state index in [-0.39, 0.29) is 11.9 Å². The van der Waals surface area contributed by atoms with Crippen molar-refractivity contribution in [1.82, 2.24) is 24.8 Å². The smallest absolute Gasteiger partial charge is 0.241 e. The number of amides is 1. The molecule has 0 radical (unpaired) electrons. The molecule has 1 atom stereocenters. The topological polar surface area (TPSA) is 65.7 Å². The Morgan fingerprint density at radius 2 is 1.77 bits per heavy atom. The number of carbonyl (C=O) groups excluding carboxylic acids is 1. The van der Waals surface area contributed by atoms with Crippen LogP contribution in [0.15, 0.2) is 28.8 Å². The zero-order valence-corrected chi connectivity index (χ0v) is 18.4. The molecule has 4 rings (SSSR count). The van der Waals surface area contributed by atoms with Gasteiger partial charge in [-0.3, -0.25) is 14.6 Å². The van der Waals surface area contributed by atoms with E-state index < -0.39 is 0 Å². The van der Waals surface area contributed by atoms with Crippen molar-refractivity contribution in [2.24, 2.45) is 5.92 Å². The summed E-state index contributed by atoms with van der Waals surface area (Å²) in [5, 5.41) is 4.13. The van der Waals surface area contributed by atoms with E-state index in [1.165, 1.54) is 5.56 Å². The fraction of sp³-hybridized carbons (Fsp3) is 0.609. The fourth-order valence-electron chi connectivity index (χ4n) is 4.29. The Kier molecular flexibility index (Phi) is 6.49. The number of carbonyl (C=O) groups is 1. The summed E-state index contributed by atoms with van der Waals surface area (Å²) in [7, 11) is 0. The van der Waals surface area contributed by atoms with Crippen molar-refractivity contribution in [3.63, 3.8) is 0 Å². The molecular weight excluding hydrogens is 378 g/mol. The number of rotatable bonds is 5. The van der Waals surface area contributed by atoms with Crippen molar-refractivity contribution >= 4 is 5.91 Å². The van der Waals surface area contributed by atoms with Gasteiger partial charge in [0.15, 0.2) is 0 Å².